The van der Waals surface area contributed by atoms with Gasteiger partial charge >= 0.3 is 0 Å². The molecule has 3 aromatic carbocycles. The molecule has 0 aliphatic carbocycles. The average molecular weight is 373 g/mol. The van der Waals surface area contributed by atoms with Crippen LogP contribution in [-0.4, -0.2) is 20.9 Å². The summed E-state index contributed by atoms with van der Waals surface area (Å²) in [5, 5.41) is 4.49. The second kappa shape index (κ2) is 6.07. The molecule has 0 radical (unpaired) electrons. The van der Waals surface area contributed by atoms with Gasteiger partial charge in [0.2, 0.25) is 0 Å². The van der Waals surface area contributed by atoms with Crippen LogP contribution < -0.4 is 5.32 Å². The maximum Gasteiger partial charge on any atom is 0.255 e. The van der Waals surface area contributed by atoms with Crippen LogP contribution in [0, 0.1) is 0 Å². The number of aromatic amines is 1. The van der Waals surface area contributed by atoms with Crippen molar-refractivity contribution < 1.29 is 4.79 Å². The molecule has 0 unspecified atom stereocenters. The lowest BCUT2D eigenvalue weighted by Crippen LogP contribution is -2.11. The smallest absolute Gasteiger partial charge is 0.255 e. The van der Waals surface area contributed by atoms with E-state index in [9.17, 15) is 4.79 Å². The van der Waals surface area contributed by atoms with E-state index in [-0.39, 0.29) is 5.91 Å². The third kappa shape index (κ3) is 2.78. The van der Waals surface area contributed by atoms with E-state index >= 15 is 0 Å². The summed E-state index contributed by atoms with van der Waals surface area (Å²) in [6.45, 7) is 0. The Morgan fingerprint density at radius 2 is 1.74 bits per heavy atom. The predicted molar refractivity (Wildman–Crippen MR) is 108 cm³/mol. The second-order valence-corrected chi connectivity index (χ2v) is 6.69. The van der Waals surface area contributed by atoms with Crippen LogP contribution in [0.25, 0.3) is 33.1 Å². The predicted octanol–water partition coefficient (Wildman–Crippen LogP) is 5.17. The Balaban J connectivity index is 1.57. The number of carbonyl (C=O) groups is 1. The number of anilines is 1. The summed E-state index contributed by atoms with van der Waals surface area (Å²) in [7, 11) is 0. The molecule has 0 atom stereocenters. The third-order valence-electron chi connectivity index (χ3n) is 4.46. The molecule has 5 aromatic rings. The van der Waals surface area contributed by atoms with Gasteiger partial charge < -0.3 is 10.3 Å². The van der Waals surface area contributed by atoms with Gasteiger partial charge in [0.25, 0.3) is 5.91 Å². The molecule has 0 bridgehead atoms. The minimum Gasteiger partial charge on any atom is -0.338 e. The Hall–Kier alpha value is -3.44. The van der Waals surface area contributed by atoms with Crippen molar-refractivity contribution in [1.29, 1.82) is 0 Å². The van der Waals surface area contributed by atoms with Crippen molar-refractivity contribution in [2.45, 2.75) is 0 Å². The Labute approximate surface area is 159 Å². The molecule has 2 N–H and O–H groups in total. The molecule has 27 heavy (non-hydrogen) atoms. The number of fused-ring (bicyclic) bond motifs is 4. The maximum absolute atomic E-state index is 12.6. The molecule has 2 heterocycles. The van der Waals surface area contributed by atoms with Crippen LogP contribution in [0.5, 0.6) is 0 Å². The number of hydrogen-bond acceptors (Lipinski definition) is 3. The van der Waals surface area contributed by atoms with Crippen molar-refractivity contribution in [3.05, 3.63) is 77.3 Å². The SMILES string of the molecule is O=C(Nc1ccc(Cl)cc1)c1ccc2nc3[nH]c4ccccc4c3nc2c1. The molecule has 1 amide bonds. The first-order valence-electron chi connectivity index (χ1n) is 8.42. The summed E-state index contributed by atoms with van der Waals surface area (Å²) in [4.78, 5) is 25.2. The molecule has 0 aliphatic rings. The minimum atomic E-state index is -0.208. The summed E-state index contributed by atoms with van der Waals surface area (Å²) >= 11 is 5.88. The van der Waals surface area contributed by atoms with Crippen LogP contribution in [0.15, 0.2) is 66.7 Å². The zero-order chi connectivity index (χ0) is 18.4. The van der Waals surface area contributed by atoms with E-state index in [1.54, 1.807) is 36.4 Å². The number of rotatable bonds is 2. The highest BCUT2D eigenvalue weighted by molar-refractivity contribution is 6.30. The molecule has 0 spiro atoms. The Morgan fingerprint density at radius 1 is 0.926 bits per heavy atom. The summed E-state index contributed by atoms with van der Waals surface area (Å²) < 4.78 is 0. The van der Waals surface area contributed by atoms with Crippen molar-refractivity contribution in [2.24, 2.45) is 0 Å². The molecule has 2 aromatic heterocycles. The molecule has 0 aliphatic heterocycles. The van der Waals surface area contributed by atoms with E-state index in [1.807, 2.05) is 30.3 Å². The van der Waals surface area contributed by atoms with Crippen molar-refractivity contribution in [1.82, 2.24) is 15.0 Å². The minimum absolute atomic E-state index is 0.208. The first-order chi connectivity index (χ1) is 13.2. The van der Waals surface area contributed by atoms with E-state index in [0.717, 1.165) is 27.6 Å². The van der Waals surface area contributed by atoms with Crippen LogP contribution in [0.4, 0.5) is 5.69 Å². The number of nitrogens with zero attached hydrogens (tertiary/aromatic N) is 2. The van der Waals surface area contributed by atoms with Crippen LogP contribution in [0.1, 0.15) is 10.4 Å². The monoisotopic (exact) mass is 372 g/mol. The van der Waals surface area contributed by atoms with Gasteiger partial charge in [0.05, 0.1) is 11.0 Å². The van der Waals surface area contributed by atoms with Gasteiger partial charge in [-0.05, 0) is 48.5 Å². The quantitative estimate of drug-likeness (QED) is 0.449. The highest BCUT2D eigenvalue weighted by atomic mass is 35.5. The highest BCUT2D eigenvalue weighted by Crippen LogP contribution is 2.25. The van der Waals surface area contributed by atoms with Crippen LogP contribution >= 0.6 is 11.6 Å². The lowest BCUT2D eigenvalue weighted by atomic mass is 10.1. The molecular formula is C21H13ClN4O. The molecule has 0 saturated heterocycles. The fourth-order valence-electron chi connectivity index (χ4n) is 3.13. The van der Waals surface area contributed by atoms with Gasteiger partial charge in [0, 0.05) is 27.2 Å². The van der Waals surface area contributed by atoms with Gasteiger partial charge in [0.1, 0.15) is 5.52 Å². The Kier molecular flexibility index (Phi) is 3.55. The lowest BCUT2D eigenvalue weighted by Gasteiger charge is -2.06. The molecule has 5 rings (SSSR count). The van der Waals surface area contributed by atoms with Crippen molar-refractivity contribution >= 4 is 56.3 Å². The van der Waals surface area contributed by atoms with E-state index in [0.29, 0.717) is 21.8 Å². The van der Waals surface area contributed by atoms with Crippen LogP contribution in [0.3, 0.4) is 0 Å². The number of hydrogen-bond donors (Lipinski definition) is 2. The topological polar surface area (TPSA) is 70.7 Å². The van der Waals surface area contributed by atoms with Crippen LogP contribution in [0.2, 0.25) is 5.02 Å². The number of benzene rings is 3. The number of H-pyrrole nitrogens is 1. The number of aromatic nitrogens is 3. The largest absolute Gasteiger partial charge is 0.338 e. The fraction of sp³-hybridized carbons (Fsp3) is 0. The van der Waals surface area contributed by atoms with Gasteiger partial charge in [-0.2, -0.15) is 0 Å². The zero-order valence-corrected chi connectivity index (χ0v) is 14.8. The zero-order valence-electron chi connectivity index (χ0n) is 14.0. The summed E-state index contributed by atoms with van der Waals surface area (Å²) in [6, 6.07) is 20.2. The molecule has 0 fully saturated rings. The number of halogens is 1. The van der Waals surface area contributed by atoms with Crippen molar-refractivity contribution in [2.75, 3.05) is 5.32 Å². The van der Waals surface area contributed by atoms with Gasteiger partial charge in [-0.25, -0.2) is 9.97 Å². The lowest BCUT2D eigenvalue weighted by molar-refractivity contribution is 0.102. The van der Waals surface area contributed by atoms with E-state index in [2.05, 4.69) is 15.3 Å². The summed E-state index contributed by atoms with van der Waals surface area (Å²) in [5.41, 5.74) is 5.14. The van der Waals surface area contributed by atoms with Crippen molar-refractivity contribution in [3.8, 4) is 0 Å². The van der Waals surface area contributed by atoms with E-state index in [1.165, 1.54) is 0 Å². The first kappa shape index (κ1) is 15.8. The van der Waals surface area contributed by atoms with Crippen molar-refractivity contribution in [3.63, 3.8) is 0 Å². The average Bonchev–Trinajstić information content (AvgIpc) is 3.05. The number of nitrogens with one attached hydrogen (secondary N) is 2. The number of carbonyl (C=O) groups excluding carboxylic acids is 1. The summed E-state index contributed by atoms with van der Waals surface area (Å²) in [6.07, 6.45) is 0. The summed E-state index contributed by atoms with van der Waals surface area (Å²) in [5.74, 6) is -0.208. The number of para-hydroxylation sites is 1. The van der Waals surface area contributed by atoms with E-state index in [4.69, 9.17) is 16.6 Å². The first-order valence-corrected chi connectivity index (χ1v) is 8.80. The molecule has 5 nitrogen and oxygen atoms in total. The van der Waals surface area contributed by atoms with E-state index < -0.39 is 0 Å². The molecule has 6 heteroatoms. The van der Waals surface area contributed by atoms with Crippen LogP contribution in [-0.2, 0) is 0 Å². The molecule has 0 saturated carbocycles. The van der Waals surface area contributed by atoms with Gasteiger partial charge in [-0.1, -0.05) is 29.8 Å². The maximum atomic E-state index is 12.6. The Bertz CT molecular complexity index is 1330. The normalized spacial score (nSPS) is 11.3. The highest BCUT2D eigenvalue weighted by Gasteiger charge is 2.11. The van der Waals surface area contributed by atoms with Gasteiger partial charge in [-0.3, -0.25) is 4.79 Å². The Morgan fingerprint density at radius 3 is 2.59 bits per heavy atom. The van der Waals surface area contributed by atoms with Gasteiger partial charge in [0.15, 0.2) is 5.65 Å². The number of amides is 1. The molecular weight excluding hydrogens is 360 g/mol. The third-order valence-corrected chi connectivity index (χ3v) is 4.72. The second-order valence-electron chi connectivity index (χ2n) is 6.26. The molecule has 130 valence electrons. The van der Waals surface area contributed by atoms with Gasteiger partial charge in [-0.15, -0.1) is 0 Å². The standard InChI is InChI=1S/C21H13ClN4O/c22-13-6-8-14(9-7-13)23-21(27)12-5-10-17-18(11-12)24-19-15-3-1-2-4-16(15)25-20(19)26-17/h1-11H,(H,23,27)(H,25,26). The fourth-order valence-corrected chi connectivity index (χ4v) is 3.26.